The number of nitro benzene ring substituents is 1. The van der Waals surface area contributed by atoms with Crippen molar-refractivity contribution in [2.75, 3.05) is 0 Å². The molecule has 0 fully saturated rings. The van der Waals surface area contributed by atoms with Crippen molar-refractivity contribution >= 4 is 17.3 Å². The summed E-state index contributed by atoms with van der Waals surface area (Å²) < 4.78 is 0. The Balaban J connectivity index is 2.08. The van der Waals surface area contributed by atoms with Crippen LogP contribution in [0.3, 0.4) is 0 Å². The Morgan fingerprint density at radius 3 is 2.67 bits per heavy atom. The molecule has 0 aliphatic carbocycles. The molecule has 0 spiro atoms. The summed E-state index contributed by atoms with van der Waals surface area (Å²) >= 11 is 6.16. The first kappa shape index (κ1) is 15.5. The van der Waals surface area contributed by atoms with E-state index in [4.69, 9.17) is 11.6 Å². The van der Waals surface area contributed by atoms with Gasteiger partial charge >= 0.3 is 0 Å². The molecule has 2 aromatic rings. The van der Waals surface area contributed by atoms with Crippen LogP contribution in [0.25, 0.3) is 0 Å². The van der Waals surface area contributed by atoms with Crippen LogP contribution in [0.2, 0.25) is 5.02 Å². The fourth-order valence-corrected chi connectivity index (χ4v) is 2.47. The third-order valence-corrected chi connectivity index (χ3v) is 3.80. The summed E-state index contributed by atoms with van der Waals surface area (Å²) in [4.78, 5) is 10.6. The van der Waals surface area contributed by atoms with E-state index in [2.05, 4.69) is 5.32 Å². The number of nitrogens with zero attached hydrogens (tertiary/aromatic N) is 1. The van der Waals surface area contributed by atoms with Crippen molar-refractivity contribution in [3.63, 3.8) is 0 Å². The highest BCUT2D eigenvalue weighted by Crippen LogP contribution is 2.23. The van der Waals surface area contributed by atoms with Gasteiger partial charge in [0, 0.05) is 29.2 Å². The van der Waals surface area contributed by atoms with Gasteiger partial charge in [-0.15, -0.1) is 0 Å². The number of benzene rings is 2. The molecule has 2 aromatic carbocycles. The van der Waals surface area contributed by atoms with E-state index in [1.807, 2.05) is 37.3 Å². The van der Waals surface area contributed by atoms with Gasteiger partial charge in [0.25, 0.3) is 5.69 Å². The van der Waals surface area contributed by atoms with Gasteiger partial charge in [-0.3, -0.25) is 10.1 Å². The Hall–Kier alpha value is -1.91. The van der Waals surface area contributed by atoms with Gasteiger partial charge in [-0.2, -0.15) is 0 Å². The van der Waals surface area contributed by atoms with Crippen molar-refractivity contribution in [3.05, 3.63) is 74.3 Å². The van der Waals surface area contributed by atoms with Crippen molar-refractivity contribution in [1.82, 2.24) is 5.32 Å². The lowest BCUT2D eigenvalue weighted by atomic mass is 10.1. The van der Waals surface area contributed by atoms with Crippen LogP contribution < -0.4 is 5.32 Å². The largest absolute Gasteiger partial charge is 0.306 e. The quantitative estimate of drug-likeness (QED) is 0.657. The van der Waals surface area contributed by atoms with Crippen LogP contribution in [0.15, 0.2) is 42.5 Å². The van der Waals surface area contributed by atoms with E-state index in [1.54, 1.807) is 19.1 Å². The van der Waals surface area contributed by atoms with E-state index in [9.17, 15) is 10.1 Å². The van der Waals surface area contributed by atoms with Gasteiger partial charge in [0.2, 0.25) is 0 Å². The normalized spacial score (nSPS) is 12.1. The maximum absolute atomic E-state index is 10.9. The molecule has 0 saturated heterocycles. The lowest BCUT2D eigenvalue weighted by Crippen LogP contribution is -2.18. The van der Waals surface area contributed by atoms with E-state index < -0.39 is 0 Å². The van der Waals surface area contributed by atoms with Crippen LogP contribution in [-0.4, -0.2) is 4.92 Å². The molecule has 4 nitrogen and oxygen atoms in total. The molecule has 0 aliphatic rings. The zero-order valence-electron chi connectivity index (χ0n) is 12.0. The summed E-state index contributed by atoms with van der Waals surface area (Å²) in [7, 11) is 0. The standard InChI is InChI=1S/C16H17ClN2O2/c1-11-7-8-13(9-16(11)19(20)21)10-18-12(2)14-5-3-4-6-15(14)17/h3-9,12,18H,10H2,1-2H3. The van der Waals surface area contributed by atoms with Gasteiger partial charge in [-0.25, -0.2) is 0 Å². The monoisotopic (exact) mass is 304 g/mol. The van der Waals surface area contributed by atoms with Gasteiger partial charge in [-0.1, -0.05) is 41.9 Å². The van der Waals surface area contributed by atoms with Crippen LogP contribution >= 0.6 is 11.6 Å². The molecule has 0 aliphatic heterocycles. The Kier molecular flexibility index (Phi) is 4.94. The summed E-state index contributed by atoms with van der Waals surface area (Å²) in [6, 6.07) is 13.0. The Labute approximate surface area is 128 Å². The predicted octanol–water partition coefficient (Wildman–Crippen LogP) is 4.41. The van der Waals surface area contributed by atoms with Crippen LogP contribution in [-0.2, 0) is 6.54 Å². The third kappa shape index (κ3) is 3.80. The lowest BCUT2D eigenvalue weighted by molar-refractivity contribution is -0.385. The topological polar surface area (TPSA) is 55.2 Å². The molecule has 1 unspecified atom stereocenters. The molecule has 2 rings (SSSR count). The molecule has 1 atom stereocenters. The molecule has 1 N–H and O–H groups in total. The fraction of sp³-hybridized carbons (Fsp3) is 0.250. The number of nitrogens with one attached hydrogen (secondary N) is 1. The van der Waals surface area contributed by atoms with Crippen molar-refractivity contribution in [2.45, 2.75) is 26.4 Å². The first-order chi connectivity index (χ1) is 9.99. The molecule has 0 amide bonds. The highest BCUT2D eigenvalue weighted by Gasteiger charge is 2.12. The summed E-state index contributed by atoms with van der Waals surface area (Å²) in [6.45, 7) is 4.30. The summed E-state index contributed by atoms with van der Waals surface area (Å²) in [5.41, 5.74) is 2.72. The van der Waals surface area contributed by atoms with Gasteiger partial charge in [0.15, 0.2) is 0 Å². The summed E-state index contributed by atoms with van der Waals surface area (Å²) in [5, 5.41) is 15.0. The van der Waals surface area contributed by atoms with E-state index in [0.29, 0.717) is 17.1 Å². The maximum atomic E-state index is 10.9. The smallest absolute Gasteiger partial charge is 0.272 e. The average molecular weight is 305 g/mol. The maximum Gasteiger partial charge on any atom is 0.272 e. The lowest BCUT2D eigenvalue weighted by Gasteiger charge is -2.15. The molecule has 0 radical (unpaired) electrons. The van der Waals surface area contributed by atoms with E-state index in [-0.39, 0.29) is 16.7 Å². The Morgan fingerprint density at radius 2 is 2.00 bits per heavy atom. The van der Waals surface area contributed by atoms with E-state index in [0.717, 1.165) is 11.1 Å². The van der Waals surface area contributed by atoms with Crippen LogP contribution in [0.4, 0.5) is 5.69 Å². The van der Waals surface area contributed by atoms with Gasteiger partial charge < -0.3 is 5.32 Å². The number of aryl methyl sites for hydroxylation is 1. The Bertz CT molecular complexity index is 658. The number of hydrogen-bond acceptors (Lipinski definition) is 3. The molecule has 0 bridgehead atoms. The van der Waals surface area contributed by atoms with Crippen molar-refractivity contribution in [3.8, 4) is 0 Å². The fourth-order valence-electron chi connectivity index (χ4n) is 2.17. The van der Waals surface area contributed by atoms with Crippen molar-refractivity contribution < 1.29 is 4.92 Å². The minimum Gasteiger partial charge on any atom is -0.306 e. The second-order valence-corrected chi connectivity index (χ2v) is 5.41. The third-order valence-electron chi connectivity index (χ3n) is 3.45. The molecular weight excluding hydrogens is 288 g/mol. The number of hydrogen-bond donors (Lipinski definition) is 1. The van der Waals surface area contributed by atoms with Gasteiger partial charge in [-0.05, 0) is 31.0 Å². The van der Waals surface area contributed by atoms with E-state index in [1.165, 1.54) is 0 Å². The van der Waals surface area contributed by atoms with Crippen LogP contribution in [0.1, 0.15) is 29.7 Å². The molecule has 21 heavy (non-hydrogen) atoms. The minimum absolute atomic E-state index is 0.0686. The van der Waals surface area contributed by atoms with Crippen molar-refractivity contribution in [1.29, 1.82) is 0 Å². The SMILES string of the molecule is Cc1ccc(CNC(C)c2ccccc2Cl)cc1[N+](=O)[O-]. The summed E-state index contributed by atoms with van der Waals surface area (Å²) in [5.74, 6) is 0. The second-order valence-electron chi connectivity index (χ2n) is 5.00. The summed E-state index contributed by atoms with van der Waals surface area (Å²) in [6.07, 6.45) is 0. The zero-order valence-corrected chi connectivity index (χ0v) is 12.7. The van der Waals surface area contributed by atoms with Crippen LogP contribution in [0.5, 0.6) is 0 Å². The predicted molar refractivity (Wildman–Crippen MR) is 84.5 cm³/mol. The minimum atomic E-state index is -0.351. The van der Waals surface area contributed by atoms with Gasteiger partial charge in [0.1, 0.15) is 0 Å². The average Bonchev–Trinajstić information content (AvgIpc) is 2.46. The number of nitro groups is 1. The van der Waals surface area contributed by atoms with Gasteiger partial charge in [0.05, 0.1) is 4.92 Å². The molecular formula is C16H17ClN2O2. The first-order valence-corrected chi connectivity index (χ1v) is 7.08. The molecule has 0 saturated carbocycles. The van der Waals surface area contributed by atoms with E-state index >= 15 is 0 Å². The number of halogens is 1. The molecule has 5 heteroatoms. The number of rotatable bonds is 5. The first-order valence-electron chi connectivity index (χ1n) is 6.70. The van der Waals surface area contributed by atoms with Crippen LogP contribution in [0, 0.1) is 17.0 Å². The molecule has 110 valence electrons. The highest BCUT2D eigenvalue weighted by molar-refractivity contribution is 6.31. The molecule has 0 heterocycles. The molecule has 0 aromatic heterocycles. The second kappa shape index (κ2) is 6.70. The highest BCUT2D eigenvalue weighted by atomic mass is 35.5. The van der Waals surface area contributed by atoms with Crippen molar-refractivity contribution in [2.24, 2.45) is 0 Å². The Morgan fingerprint density at radius 1 is 1.29 bits per heavy atom. The zero-order chi connectivity index (χ0) is 15.4.